The molecule has 0 aliphatic heterocycles. The van der Waals surface area contributed by atoms with Crippen molar-refractivity contribution in [1.29, 1.82) is 0 Å². The molecular weight excluding hydrogens is 471 g/mol. The molecule has 2 heterocycles. The van der Waals surface area contributed by atoms with E-state index in [1.54, 1.807) is 30.0 Å². The van der Waals surface area contributed by atoms with E-state index in [0.29, 0.717) is 32.3 Å². The lowest BCUT2D eigenvalue weighted by atomic mass is 10.1. The van der Waals surface area contributed by atoms with Gasteiger partial charge in [-0.2, -0.15) is 0 Å². The van der Waals surface area contributed by atoms with Gasteiger partial charge < -0.3 is 9.84 Å². The highest BCUT2D eigenvalue weighted by molar-refractivity contribution is 7.99. The number of ether oxygens (including phenoxy) is 1. The molecule has 32 heavy (non-hydrogen) atoms. The lowest BCUT2D eigenvalue weighted by Crippen LogP contribution is -2.05. The maximum atomic E-state index is 11.7. The Morgan fingerprint density at radius 1 is 1.09 bits per heavy atom. The first-order valence-electron chi connectivity index (χ1n) is 9.34. The fraction of sp³-hybridized carbons (Fsp3) is 0.0909. The van der Waals surface area contributed by atoms with Crippen LogP contribution in [0.3, 0.4) is 0 Å². The van der Waals surface area contributed by atoms with Crippen molar-refractivity contribution in [3.8, 4) is 17.0 Å². The monoisotopic (exact) mass is 486 g/mol. The molecule has 0 aliphatic rings. The van der Waals surface area contributed by atoms with E-state index in [1.165, 1.54) is 11.8 Å². The topological polar surface area (TPSA) is 90.1 Å². The van der Waals surface area contributed by atoms with Crippen LogP contribution >= 0.6 is 35.0 Å². The van der Waals surface area contributed by atoms with Crippen molar-refractivity contribution < 1.29 is 14.6 Å². The van der Waals surface area contributed by atoms with Crippen molar-refractivity contribution in [3.63, 3.8) is 0 Å². The number of carboxylic acid groups (broad SMARTS) is 1. The molecule has 0 fully saturated rings. The minimum atomic E-state index is -1.16. The molecule has 7 nitrogen and oxygen atoms in total. The van der Waals surface area contributed by atoms with E-state index in [9.17, 15) is 9.90 Å². The number of halogens is 2. The molecule has 0 atom stereocenters. The van der Waals surface area contributed by atoms with E-state index in [1.807, 2.05) is 42.5 Å². The number of methoxy groups -OCH3 is 1. The van der Waals surface area contributed by atoms with E-state index >= 15 is 0 Å². The summed E-state index contributed by atoms with van der Waals surface area (Å²) in [7, 11) is 1.60. The second-order valence-corrected chi connectivity index (χ2v) is 8.47. The molecule has 0 bridgehead atoms. The van der Waals surface area contributed by atoms with E-state index in [0.717, 1.165) is 16.9 Å². The van der Waals surface area contributed by atoms with Crippen LogP contribution in [0.2, 0.25) is 10.0 Å². The standard InChI is InChI=1S/C22H16Cl2N4O3S/c1-31-15-8-5-13(6-9-15)12-28-21(20(22(29)30)26-27-28)32-19-4-2-3-18(25-19)14-7-10-16(23)17(24)11-14/h2-11H,12H2,1H3,(H,29,30). The minimum absolute atomic E-state index is 0.134. The van der Waals surface area contributed by atoms with Crippen LogP contribution in [-0.4, -0.2) is 38.2 Å². The third kappa shape index (κ3) is 4.88. The molecule has 0 saturated carbocycles. The normalized spacial score (nSPS) is 10.8. The van der Waals surface area contributed by atoms with Gasteiger partial charge in [-0.25, -0.2) is 14.5 Å². The van der Waals surface area contributed by atoms with Crippen molar-refractivity contribution in [2.45, 2.75) is 16.6 Å². The number of hydrogen-bond donors (Lipinski definition) is 1. The van der Waals surface area contributed by atoms with Crippen LogP contribution in [0.1, 0.15) is 16.1 Å². The summed E-state index contributed by atoms with van der Waals surface area (Å²) in [6.07, 6.45) is 0. The van der Waals surface area contributed by atoms with Gasteiger partial charge in [-0.15, -0.1) is 5.10 Å². The number of aromatic nitrogens is 4. The zero-order chi connectivity index (χ0) is 22.7. The summed E-state index contributed by atoms with van der Waals surface area (Å²) < 4.78 is 6.72. The van der Waals surface area contributed by atoms with Gasteiger partial charge in [0.2, 0.25) is 5.69 Å². The summed E-state index contributed by atoms with van der Waals surface area (Å²) in [5, 5.41) is 19.3. The number of hydrogen-bond acceptors (Lipinski definition) is 6. The highest BCUT2D eigenvalue weighted by atomic mass is 35.5. The third-order valence-electron chi connectivity index (χ3n) is 4.52. The highest BCUT2D eigenvalue weighted by Gasteiger charge is 2.21. The van der Waals surface area contributed by atoms with Crippen LogP contribution in [0.25, 0.3) is 11.3 Å². The maximum Gasteiger partial charge on any atom is 0.359 e. The van der Waals surface area contributed by atoms with Gasteiger partial charge in [0.25, 0.3) is 0 Å². The lowest BCUT2D eigenvalue weighted by Gasteiger charge is -2.09. The van der Waals surface area contributed by atoms with E-state index < -0.39 is 5.97 Å². The zero-order valence-electron chi connectivity index (χ0n) is 16.7. The van der Waals surface area contributed by atoms with Crippen LogP contribution in [0.15, 0.2) is 70.7 Å². The molecule has 0 amide bonds. The quantitative estimate of drug-likeness (QED) is 0.365. The number of carbonyl (C=O) groups is 1. The fourth-order valence-electron chi connectivity index (χ4n) is 2.93. The summed E-state index contributed by atoms with van der Waals surface area (Å²) in [5.74, 6) is -0.425. The first-order chi connectivity index (χ1) is 15.4. The van der Waals surface area contributed by atoms with Gasteiger partial charge in [0.15, 0.2) is 0 Å². The summed E-state index contributed by atoms with van der Waals surface area (Å²) in [6, 6.07) is 18.2. The summed E-state index contributed by atoms with van der Waals surface area (Å²) >= 11 is 13.3. The molecule has 1 N–H and O–H groups in total. The van der Waals surface area contributed by atoms with Gasteiger partial charge in [0.05, 0.1) is 29.4 Å². The number of nitrogens with zero attached hydrogens (tertiary/aromatic N) is 4. The van der Waals surface area contributed by atoms with Gasteiger partial charge in [0, 0.05) is 5.56 Å². The molecule has 10 heteroatoms. The number of benzene rings is 2. The Balaban J connectivity index is 1.65. The summed E-state index contributed by atoms with van der Waals surface area (Å²) in [6.45, 7) is 0.346. The molecule has 4 rings (SSSR count). The zero-order valence-corrected chi connectivity index (χ0v) is 19.0. The first kappa shape index (κ1) is 22.1. The molecule has 2 aromatic heterocycles. The number of carboxylic acids is 1. The Hall–Kier alpha value is -3.07. The SMILES string of the molecule is COc1ccc(Cn2nnc(C(=O)O)c2Sc2cccc(-c3ccc(Cl)c(Cl)c3)n2)cc1. The van der Waals surface area contributed by atoms with E-state index in [-0.39, 0.29) is 5.69 Å². The second kappa shape index (κ2) is 9.60. The van der Waals surface area contributed by atoms with E-state index in [2.05, 4.69) is 15.3 Å². The van der Waals surface area contributed by atoms with Gasteiger partial charge in [-0.1, -0.05) is 52.7 Å². The molecule has 0 radical (unpaired) electrons. The molecule has 162 valence electrons. The molecule has 0 saturated heterocycles. The Morgan fingerprint density at radius 3 is 2.56 bits per heavy atom. The molecule has 0 unspecified atom stereocenters. The average molecular weight is 487 g/mol. The van der Waals surface area contributed by atoms with Crippen LogP contribution in [0.5, 0.6) is 5.75 Å². The number of rotatable bonds is 7. The van der Waals surface area contributed by atoms with Gasteiger partial charge in [-0.05, 0) is 53.7 Å². The van der Waals surface area contributed by atoms with Crippen molar-refractivity contribution in [1.82, 2.24) is 20.0 Å². The predicted octanol–water partition coefficient (Wildman–Crippen LogP) is 5.55. The Labute approximate surface area is 198 Å². The lowest BCUT2D eigenvalue weighted by molar-refractivity contribution is 0.0686. The molecule has 2 aromatic carbocycles. The van der Waals surface area contributed by atoms with Gasteiger partial charge in [-0.3, -0.25) is 0 Å². The van der Waals surface area contributed by atoms with Crippen LogP contribution in [0.4, 0.5) is 0 Å². The second-order valence-electron chi connectivity index (χ2n) is 6.65. The average Bonchev–Trinajstić information content (AvgIpc) is 3.18. The molecule has 0 aliphatic carbocycles. The van der Waals surface area contributed by atoms with Gasteiger partial charge >= 0.3 is 5.97 Å². The maximum absolute atomic E-state index is 11.7. The molecule has 0 spiro atoms. The smallest absolute Gasteiger partial charge is 0.359 e. The van der Waals surface area contributed by atoms with Crippen molar-refractivity contribution >= 4 is 40.9 Å². The van der Waals surface area contributed by atoms with Crippen LogP contribution in [0, 0.1) is 0 Å². The highest BCUT2D eigenvalue weighted by Crippen LogP contribution is 2.32. The largest absolute Gasteiger partial charge is 0.497 e. The van der Waals surface area contributed by atoms with Crippen molar-refractivity contribution in [3.05, 3.63) is 82.0 Å². The third-order valence-corrected chi connectivity index (χ3v) is 6.30. The van der Waals surface area contributed by atoms with Crippen molar-refractivity contribution in [2.75, 3.05) is 7.11 Å². The van der Waals surface area contributed by atoms with E-state index in [4.69, 9.17) is 27.9 Å². The predicted molar refractivity (Wildman–Crippen MR) is 123 cm³/mol. The van der Waals surface area contributed by atoms with Gasteiger partial charge in [0.1, 0.15) is 15.8 Å². The Morgan fingerprint density at radius 2 is 1.88 bits per heavy atom. The number of aromatic carboxylic acids is 1. The van der Waals surface area contributed by atoms with Crippen LogP contribution in [-0.2, 0) is 6.54 Å². The Bertz CT molecular complexity index is 1280. The number of pyridine rings is 1. The fourth-order valence-corrected chi connectivity index (χ4v) is 4.15. The Kier molecular flexibility index (Phi) is 6.64. The minimum Gasteiger partial charge on any atom is -0.497 e. The first-order valence-corrected chi connectivity index (χ1v) is 10.9. The molecule has 4 aromatic rings. The van der Waals surface area contributed by atoms with Crippen LogP contribution < -0.4 is 4.74 Å². The summed E-state index contributed by atoms with van der Waals surface area (Å²) in [4.78, 5) is 16.4. The van der Waals surface area contributed by atoms with Crippen molar-refractivity contribution in [2.24, 2.45) is 0 Å². The molecular formula is C22H16Cl2N4O3S. The summed E-state index contributed by atoms with van der Waals surface area (Å²) in [5.41, 5.74) is 2.27.